The molecule has 0 saturated carbocycles. The molecule has 5 heteroatoms. The van der Waals surface area contributed by atoms with Gasteiger partial charge in [-0.05, 0) is 35.4 Å². The summed E-state index contributed by atoms with van der Waals surface area (Å²) >= 11 is 5.83. The molecule has 0 bridgehead atoms. The fraction of sp³-hybridized carbons (Fsp3) is 0.143. The number of hydrogen-bond donors (Lipinski definition) is 1. The summed E-state index contributed by atoms with van der Waals surface area (Å²) in [6.07, 6.45) is 0. The Bertz CT molecular complexity index is 649. The summed E-state index contributed by atoms with van der Waals surface area (Å²) in [5, 5.41) is 0.676. The molecule has 0 aliphatic carbocycles. The van der Waals surface area contributed by atoms with Gasteiger partial charge in [-0.15, -0.1) is 0 Å². The molecule has 0 aromatic heterocycles. The van der Waals surface area contributed by atoms with Gasteiger partial charge in [-0.1, -0.05) is 42.8 Å². The molecular weight excluding hydrogens is 282 g/mol. The number of sulfonamides is 1. The molecule has 3 nitrogen and oxygen atoms in total. The van der Waals surface area contributed by atoms with Crippen LogP contribution >= 0.6 is 11.6 Å². The molecule has 2 aromatic carbocycles. The number of nitrogens with one attached hydrogen (secondary N) is 1. The Balaban J connectivity index is 2.31. The van der Waals surface area contributed by atoms with Crippen LogP contribution in [-0.4, -0.2) is 15.0 Å². The summed E-state index contributed by atoms with van der Waals surface area (Å²) in [7, 11) is -3.39. The van der Waals surface area contributed by atoms with Gasteiger partial charge < -0.3 is 0 Å². The van der Waals surface area contributed by atoms with E-state index in [1.807, 2.05) is 12.1 Å². The van der Waals surface area contributed by atoms with Crippen molar-refractivity contribution in [2.75, 3.05) is 6.54 Å². The van der Waals surface area contributed by atoms with E-state index >= 15 is 0 Å². The zero-order chi connectivity index (χ0) is 13.9. The number of halogens is 1. The molecule has 0 atom stereocenters. The third-order valence-electron chi connectivity index (χ3n) is 2.68. The van der Waals surface area contributed by atoms with Crippen LogP contribution in [0.5, 0.6) is 0 Å². The quantitative estimate of drug-likeness (QED) is 0.940. The van der Waals surface area contributed by atoms with Crippen molar-refractivity contribution in [1.29, 1.82) is 0 Å². The first kappa shape index (κ1) is 14.1. The topological polar surface area (TPSA) is 46.2 Å². The van der Waals surface area contributed by atoms with Crippen LogP contribution in [0.15, 0.2) is 53.4 Å². The minimum absolute atomic E-state index is 0.270. The lowest BCUT2D eigenvalue weighted by molar-refractivity contribution is 0.584. The fourth-order valence-corrected chi connectivity index (χ4v) is 2.91. The molecule has 19 heavy (non-hydrogen) atoms. The number of benzene rings is 2. The van der Waals surface area contributed by atoms with Crippen LogP contribution in [0.3, 0.4) is 0 Å². The Morgan fingerprint density at radius 3 is 1.89 bits per heavy atom. The molecule has 0 spiro atoms. The van der Waals surface area contributed by atoms with Gasteiger partial charge in [-0.25, -0.2) is 13.1 Å². The van der Waals surface area contributed by atoms with E-state index < -0.39 is 10.0 Å². The third kappa shape index (κ3) is 3.35. The summed E-state index contributed by atoms with van der Waals surface area (Å²) in [6.45, 7) is 2.13. The highest BCUT2D eigenvalue weighted by atomic mass is 35.5. The van der Waals surface area contributed by atoms with E-state index in [1.165, 1.54) is 0 Å². The Morgan fingerprint density at radius 2 is 1.42 bits per heavy atom. The number of rotatable bonds is 4. The predicted octanol–water partition coefficient (Wildman–Crippen LogP) is 3.31. The number of hydrogen-bond acceptors (Lipinski definition) is 2. The first-order valence-electron chi connectivity index (χ1n) is 5.88. The van der Waals surface area contributed by atoms with Gasteiger partial charge in [0.2, 0.25) is 10.0 Å². The van der Waals surface area contributed by atoms with Gasteiger partial charge in [-0.3, -0.25) is 0 Å². The van der Waals surface area contributed by atoms with Crippen molar-refractivity contribution in [3.63, 3.8) is 0 Å². The van der Waals surface area contributed by atoms with E-state index in [9.17, 15) is 8.42 Å². The van der Waals surface area contributed by atoms with Gasteiger partial charge >= 0.3 is 0 Å². The van der Waals surface area contributed by atoms with Crippen LogP contribution in [0.2, 0.25) is 5.02 Å². The summed E-state index contributed by atoms with van der Waals surface area (Å²) in [6, 6.07) is 14.2. The fourth-order valence-electron chi connectivity index (χ4n) is 1.74. The minimum atomic E-state index is -3.39. The molecule has 0 saturated heterocycles. The molecule has 2 aromatic rings. The van der Waals surface area contributed by atoms with Crippen molar-refractivity contribution in [1.82, 2.24) is 4.72 Å². The molecule has 0 radical (unpaired) electrons. The van der Waals surface area contributed by atoms with Crippen LogP contribution in [-0.2, 0) is 10.0 Å². The van der Waals surface area contributed by atoms with Crippen molar-refractivity contribution < 1.29 is 8.42 Å². The smallest absolute Gasteiger partial charge is 0.211 e. The van der Waals surface area contributed by atoms with Crippen LogP contribution in [0.25, 0.3) is 11.1 Å². The Kier molecular flexibility index (Phi) is 4.24. The maximum absolute atomic E-state index is 11.8. The molecule has 0 aliphatic rings. The molecule has 0 amide bonds. The zero-order valence-corrected chi connectivity index (χ0v) is 12.0. The molecular formula is C14H14ClNO2S. The van der Waals surface area contributed by atoms with Crippen LogP contribution < -0.4 is 4.72 Å². The van der Waals surface area contributed by atoms with E-state index in [2.05, 4.69) is 4.72 Å². The Morgan fingerprint density at radius 1 is 0.947 bits per heavy atom. The highest BCUT2D eigenvalue weighted by Gasteiger charge is 2.11. The van der Waals surface area contributed by atoms with Gasteiger partial charge in [0.1, 0.15) is 0 Å². The van der Waals surface area contributed by atoms with E-state index in [-0.39, 0.29) is 4.90 Å². The largest absolute Gasteiger partial charge is 0.240 e. The second-order valence-corrected chi connectivity index (χ2v) is 6.24. The summed E-state index contributed by atoms with van der Waals surface area (Å²) in [4.78, 5) is 0.270. The average Bonchev–Trinajstić information content (AvgIpc) is 2.40. The maximum Gasteiger partial charge on any atom is 0.240 e. The van der Waals surface area contributed by atoms with Gasteiger partial charge in [-0.2, -0.15) is 0 Å². The van der Waals surface area contributed by atoms with Crippen LogP contribution in [0, 0.1) is 0 Å². The first-order valence-corrected chi connectivity index (χ1v) is 7.75. The SMILES string of the molecule is CCNS(=O)(=O)c1ccc(-c2ccc(Cl)cc2)cc1. The zero-order valence-electron chi connectivity index (χ0n) is 10.4. The Hall–Kier alpha value is -1.36. The summed E-state index contributed by atoms with van der Waals surface area (Å²) < 4.78 is 26.1. The van der Waals surface area contributed by atoms with Crippen molar-refractivity contribution in [2.45, 2.75) is 11.8 Å². The lowest BCUT2D eigenvalue weighted by atomic mass is 10.1. The molecule has 2 rings (SSSR count). The normalized spacial score (nSPS) is 11.5. The van der Waals surface area contributed by atoms with Gasteiger partial charge in [0.05, 0.1) is 4.90 Å². The maximum atomic E-state index is 11.8. The first-order chi connectivity index (χ1) is 9.03. The van der Waals surface area contributed by atoms with Gasteiger partial charge in [0.15, 0.2) is 0 Å². The van der Waals surface area contributed by atoms with E-state index in [0.29, 0.717) is 11.6 Å². The van der Waals surface area contributed by atoms with Crippen molar-refractivity contribution in [3.8, 4) is 11.1 Å². The van der Waals surface area contributed by atoms with Crippen LogP contribution in [0.1, 0.15) is 6.92 Å². The Labute approximate surface area is 118 Å². The summed E-state index contributed by atoms with van der Waals surface area (Å²) in [5.74, 6) is 0. The lowest BCUT2D eigenvalue weighted by Gasteiger charge is -2.06. The second-order valence-electron chi connectivity index (χ2n) is 4.03. The highest BCUT2D eigenvalue weighted by molar-refractivity contribution is 7.89. The van der Waals surface area contributed by atoms with Crippen molar-refractivity contribution in [3.05, 3.63) is 53.6 Å². The molecule has 0 fully saturated rings. The molecule has 0 aliphatic heterocycles. The lowest BCUT2D eigenvalue weighted by Crippen LogP contribution is -2.22. The summed E-state index contributed by atoms with van der Waals surface area (Å²) in [5.41, 5.74) is 1.95. The predicted molar refractivity (Wildman–Crippen MR) is 77.8 cm³/mol. The van der Waals surface area contributed by atoms with Gasteiger partial charge in [0.25, 0.3) is 0 Å². The van der Waals surface area contributed by atoms with E-state index in [1.54, 1.807) is 43.3 Å². The van der Waals surface area contributed by atoms with Crippen molar-refractivity contribution >= 4 is 21.6 Å². The average molecular weight is 296 g/mol. The van der Waals surface area contributed by atoms with Crippen LogP contribution in [0.4, 0.5) is 0 Å². The van der Waals surface area contributed by atoms with E-state index in [0.717, 1.165) is 11.1 Å². The second kappa shape index (κ2) is 5.74. The molecule has 100 valence electrons. The molecule has 1 N–H and O–H groups in total. The third-order valence-corrected chi connectivity index (χ3v) is 4.49. The monoisotopic (exact) mass is 295 g/mol. The van der Waals surface area contributed by atoms with E-state index in [4.69, 9.17) is 11.6 Å². The standard InChI is InChI=1S/C14H14ClNO2S/c1-2-16-19(17,18)14-9-5-12(6-10-14)11-3-7-13(15)8-4-11/h3-10,16H,2H2,1H3. The molecule has 0 heterocycles. The van der Waals surface area contributed by atoms with Gasteiger partial charge in [0, 0.05) is 11.6 Å². The molecule has 0 unspecified atom stereocenters. The van der Waals surface area contributed by atoms with Crippen molar-refractivity contribution in [2.24, 2.45) is 0 Å². The highest BCUT2D eigenvalue weighted by Crippen LogP contribution is 2.22. The minimum Gasteiger partial charge on any atom is -0.211 e.